The molecule has 0 N–H and O–H groups in total. The third-order valence-corrected chi connectivity index (χ3v) is 4.36. The van der Waals surface area contributed by atoms with Gasteiger partial charge in [-0.3, -0.25) is 9.69 Å². The second-order valence-electron chi connectivity index (χ2n) is 6.15. The molecule has 0 bridgehead atoms. The van der Waals surface area contributed by atoms with E-state index in [1.54, 1.807) is 0 Å². The first-order valence-corrected chi connectivity index (χ1v) is 8.09. The van der Waals surface area contributed by atoms with Gasteiger partial charge < -0.3 is 9.32 Å². The number of oxazole rings is 1. The molecule has 1 amide bonds. The number of rotatable bonds is 4. The van der Waals surface area contributed by atoms with Crippen molar-refractivity contribution in [1.82, 2.24) is 14.8 Å². The number of benzene rings is 1. The van der Waals surface area contributed by atoms with Crippen molar-refractivity contribution in [2.24, 2.45) is 0 Å². The molecular formula is C18H23N3O2. The minimum absolute atomic E-state index is 0.0722. The van der Waals surface area contributed by atoms with Gasteiger partial charge in [0, 0.05) is 18.5 Å². The second kappa shape index (κ2) is 6.54. The maximum Gasteiger partial charge on any atom is 0.240 e. The van der Waals surface area contributed by atoms with Crippen molar-refractivity contribution in [3.63, 3.8) is 0 Å². The number of fused-ring (bicyclic) bond motifs is 1. The molecule has 3 rings (SSSR count). The summed E-state index contributed by atoms with van der Waals surface area (Å²) in [5.41, 5.74) is 1.86. The predicted octanol–water partition coefficient (Wildman–Crippen LogP) is 2.57. The van der Waals surface area contributed by atoms with Crippen LogP contribution in [0.5, 0.6) is 0 Å². The van der Waals surface area contributed by atoms with Crippen LogP contribution >= 0.6 is 0 Å². The smallest absolute Gasteiger partial charge is 0.240 e. The van der Waals surface area contributed by atoms with Gasteiger partial charge in [-0.25, -0.2) is 4.98 Å². The van der Waals surface area contributed by atoms with Crippen LogP contribution in [0.25, 0.3) is 11.5 Å². The van der Waals surface area contributed by atoms with Crippen LogP contribution in [-0.4, -0.2) is 47.4 Å². The van der Waals surface area contributed by atoms with E-state index in [0.717, 1.165) is 29.9 Å². The molecule has 0 spiro atoms. The van der Waals surface area contributed by atoms with Gasteiger partial charge >= 0.3 is 0 Å². The third-order valence-electron chi connectivity index (χ3n) is 4.36. The Hall–Kier alpha value is -2.14. The average molecular weight is 313 g/mol. The van der Waals surface area contributed by atoms with Crippen LogP contribution < -0.4 is 0 Å². The third kappa shape index (κ3) is 3.15. The molecule has 23 heavy (non-hydrogen) atoms. The van der Waals surface area contributed by atoms with Crippen LogP contribution in [0.3, 0.4) is 0 Å². The molecule has 0 aliphatic carbocycles. The lowest BCUT2D eigenvalue weighted by Crippen LogP contribution is -2.47. The van der Waals surface area contributed by atoms with Crippen LogP contribution in [-0.2, 0) is 17.8 Å². The first kappa shape index (κ1) is 15.7. The molecule has 2 heterocycles. The summed E-state index contributed by atoms with van der Waals surface area (Å²) in [5.74, 6) is 1.72. The lowest BCUT2D eigenvalue weighted by Gasteiger charge is -2.31. The van der Waals surface area contributed by atoms with Crippen LogP contribution in [0.15, 0.2) is 34.7 Å². The monoisotopic (exact) mass is 313 g/mol. The van der Waals surface area contributed by atoms with Gasteiger partial charge in [-0.2, -0.15) is 0 Å². The number of amides is 1. The van der Waals surface area contributed by atoms with Crippen LogP contribution in [0.1, 0.15) is 24.8 Å². The zero-order valence-corrected chi connectivity index (χ0v) is 14.0. The fourth-order valence-electron chi connectivity index (χ4n) is 3.06. The quantitative estimate of drug-likeness (QED) is 0.870. The number of aromatic nitrogens is 1. The molecule has 1 aromatic carbocycles. The number of carbonyl (C=O) groups excluding carboxylic acids is 1. The Morgan fingerprint density at radius 3 is 2.74 bits per heavy atom. The standard InChI is InChI=1S/C18H23N3O2/c1-4-15(20(2)3)18(22)21-11-10-16-14(12-21)19-17(23-16)13-8-6-5-7-9-13/h5-9,15H,4,10-12H2,1-3H3. The molecular weight excluding hydrogens is 290 g/mol. The highest BCUT2D eigenvalue weighted by atomic mass is 16.4. The molecule has 1 aliphatic rings. The van der Waals surface area contributed by atoms with Gasteiger partial charge in [0.15, 0.2) is 0 Å². The van der Waals surface area contributed by atoms with Crippen molar-refractivity contribution in [3.8, 4) is 11.5 Å². The molecule has 0 radical (unpaired) electrons. The fourth-order valence-corrected chi connectivity index (χ4v) is 3.06. The predicted molar refractivity (Wildman–Crippen MR) is 88.8 cm³/mol. The van der Waals surface area contributed by atoms with Crippen molar-refractivity contribution in [2.45, 2.75) is 32.4 Å². The Labute approximate surface area is 136 Å². The van der Waals surface area contributed by atoms with Crippen molar-refractivity contribution in [1.29, 1.82) is 0 Å². The highest BCUT2D eigenvalue weighted by Crippen LogP contribution is 2.26. The van der Waals surface area contributed by atoms with Gasteiger partial charge in [0.2, 0.25) is 11.8 Å². The highest BCUT2D eigenvalue weighted by Gasteiger charge is 2.30. The fraction of sp³-hybridized carbons (Fsp3) is 0.444. The SMILES string of the molecule is CCC(C(=O)N1CCc2oc(-c3ccccc3)nc2C1)N(C)C. The molecule has 1 aliphatic heterocycles. The minimum Gasteiger partial charge on any atom is -0.441 e. The molecule has 0 saturated carbocycles. The van der Waals surface area contributed by atoms with Gasteiger partial charge in [-0.05, 0) is 32.6 Å². The highest BCUT2D eigenvalue weighted by molar-refractivity contribution is 5.82. The van der Waals surface area contributed by atoms with Crippen molar-refractivity contribution >= 4 is 5.91 Å². The van der Waals surface area contributed by atoms with E-state index in [1.165, 1.54) is 0 Å². The zero-order valence-electron chi connectivity index (χ0n) is 14.0. The Kier molecular flexibility index (Phi) is 4.48. The largest absolute Gasteiger partial charge is 0.441 e. The maximum atomic E-state index is 12.7. The normalized spacial score (nSPS) is 15.6. The van der Waals surface area contributed by atoms with E-state index < -0.39 is 0 Å². The van der Waals surface area contributed by atoms with E-state index in [2.05, 4.69) is 4.98 Å². The Morgan fingerprint density at radius 1 is 1.35 bits per heavy atom. The van der Waals surface area contributed by atoms with Gasteiger partial charge in [0.25, 0.3) is 0 Å². The minimum atomic E-state index is -0.0722. The van der Waals surface area contributed by atoms with Gasteiger partial charge in [-0.1, -0.05) is 25.1 Å². The van der Waals surface area contributed by atoms with E-state index in [0.29, 0.717) is 19.0 Å². The van der Waals surface area contributed by atoms with E-state index in [-0.39, 0.29) is 11.9 Å². The number of nitrogens with zero attached hydrogens (tertiary/aromatic N) is 3. The molecule has 0 fully saturated rings. The Morgan fingerprint density at radius 2 is 2.09 bits per heavy atom. The van der Waals surface area contributed by atoms with Crippen LogP contribution in [0, 0.1) is 0 Å². The second-order valence-corrected chi connectivity index (χ2v) is 6.15. The molecule has 5 nitrogen and oxygen atoms in total. The van der Waals surface area contributed by atoms with Crippen molar-refractivity contribution < 1.29 is 9.21 Å². The first-order chi connectivity index (χ1) is 11.1. The molecule has 2 aromatic rings. The molecule has 5 heteroatoms. The Balaban J connectivity index is 1.79. The lowest BCUT2D eigenvalue weighted by atomic mass is 10.1. The summed E-state index contributed by atoms with van der Waals surface area (Å²) in [6.45, 7) is 3.27. The summed E-state index contributed by atoms with van der Waals surface area (Å²) >= 11 is 0. The number of hydrogen-bond acceptors (Lipinski definition) is 4. The average Bonchev–Trinajstić information content (AvgIpc) is 2.99. The zero-order chi connectivity index (χ0) is 16.4. The van der Waals surface area contributed by atoms with Gasteiger partial charge in [0.1, 0.15) is 11.5 Å². The van der Waals surface area contributed by atoms with Crippen LogP contribution in [0.2, 0.25) is 0 Å². The Bertz CT molecular complexity index is 679. The number of hydrogen-bond donors (Lipinski definition) is 0. The summed E-state index contributed by atoms with van der Waals surface area (Å²) in [6, 6.07) is 9.81. The van der Waals surface area contributed by atoms with Crippen molar-refractivity contribution in [3.05, 3.63) is 41.8 Å². The summed E-state index contributed by atoms with van der Waals surface area (Å²) in [5, 5.41) is 0. The summed E-state index contributed by atoms with van der Waals surface area (Å²) in [4.78, 5) is 21.2. The number of likely N-dealkylation sites (N-methyl/N-ethyl adjacent to an activating group) is 1. The molecule has 0 saturated heterocycles. The molecule has 1 aromatic heterocycles. The lowest BCUT2D eigenvalue weighted by molar-refractivity contribution is -0.137. The number of carbonyl (C=O) groups is 1. The van der Waals surface area contributed by atoms with E-state index in [1.807, 2.05) is 61.2 Å². The first-order valence-electron chi connectivity index (χ1n) is 8.09. The molecule has 122 valence electrons. The summed E-state index contributed by atoms with van der Waals surface area (Å²) < 4.78 is 5.89. The van der Waals surface area contributed by atoms with E-state index >= 15 is 0 Å². The van der Waals surface area contributed by atoms with Crippen molar-refractivity contribution in [2.75, 3.05) is 20.6 Å². The molecule has 1 unspecified atom stereocenters. The topological polar surface area (TPSA) is 49.6 Å². The summed E-state index contributed by atoms with van der Waals surface area (Å²) in [7, 11) is 3.90. The molecule has 1 atom stereocenters. The maximum absolute atomic E-state index is 12.7. The van der Waals surface area contributed by atoms with E-state index in [9.17, 15) is 4.79 Å². The van der Waals surface area contributed by atoms with E-state index in [4.69, 9.17) is 4.42 Å². The van der Waals surface area contributed by atoms with Gasteiger partial charge in [0.05, 0.1) is 12.6 Å². The summed E-state index contributed by atoms with van der Waals surface area (Å²) in [6.07, 6.45) is 1.54. The van der Waals surface area contributed by atoms with Crippen LogP contribution in [0.4, 0.5) is 0 Å². The van der Waals surface area contributed by atoms with Gasteiger partial charge in [-0.15, -0.1) is 0 Å².